The highest BCUT2D eigenvalue weighted by molar-refractivity contribution is 5.76. The van der Waals surface area contributed by atoms with Gasteiger partial charge in [0.1, 0.15) is 5.82 Å². The van der Waals surface area contributed by atoms with Crippen molar-refractivity contribution in [3.63, 3.8) is 0 Å². The molecule has 8 heteroatoms. The first kappa shape index (κ1) is 12.2. The van der Waals surface area contributed by atoms with Gasteiger partial charge in [-0.25, -0.2) is 9.78 Å². The number of fused-ring (bicyclic) bond motifs is 1. The Hall–Kier alpha value is -2.25. The number of carbonyl (C=O) groups is 1. The van der Waals surface area contributed by atoms with Crippen molar-refractivity contribution >= 4 is 17.1 Å². The van der Waals surface area contributed by atoms with E-state index in [-0.39, 0.29) is 17.9 Å². The molecule has 0 unspecified atom stereocenters. The van der Waals surface area contributed by atoms with E-state index in [1.54, 1.807) is 0 Å². The molecule has 1 heterocycles. The number of hydrogen-bond acceptors (Lipinski definition) is 2. The summed E-state index contributed by atoms with van der Waals surface area (Å²) < 4.78 is 37.4. The number of carboxylic acid groups (broad SMARTS) is 1. The van der Waals surface area contributed by atoms with Crippen LogP contribution in [0.5, 0.6) is 0 Å². The van der Waals surface area contributed by atoms with Crippen LogP contribution in [0.25, 0.3) is 11.0 Å². The Morgan fingerprint density at radius 2 is 2.17 bits per heavy atom. The molecule has 96 valence electrons. The molecule has 0 aliphatic heterocycles. The minimum Gasteiger partial charge on any atom is -0.465 e. The average molecular weight is 259 g/mol. The zero-order valence-corrected chi connectivity index (χ0v) is 8.88. The quantitative estimate of drug-likeness (QED) is 0.774. The second kappa shape index (κ2) is 4.21. The van der Waals surface area contributed by atoms with Gasteiger partial charge in [0.25, 0.3) is 0 Å². The molecular weight excluding hydrogens is 251 g/mol. The number of amides is 1. The van der Waals surface area contributed by atoms with E-state index in [0.29, 0.717) is 5.52 Å². The van der Waals surface area contributed by atoms with Crippen molar-refractivity contribution in [1.82, 2.24) is 15.3 Å². The Balaban J connectivity index is 2.31. The molecule has 0 aliphatic rings. The fraction of sp³-hybridized carbons (Fsp3) is 0.200. The van der Waals surface area contributed by atoms with Gasteiger partial charge in [-0.1, -0.05) is 0 Å². The van der Waals surface area contributed by atoms with Crippen molar-refractivity contribution in [2.45, 2.75) is 12.7 Å². The normalized spacial score (nSPS) is 11.7. The number of aromatic nitrogens is 2. The van der Waals surface area contributed by atoms with Gasteiger partial charge < -0.3 is 15.4 Å². The van der Waals surface area contributed by atoms with Crippen LogP contribution >= 0.6 is 0 Å². The molecule has 0 radical (unpaired) electrons. The van der Waals surface area contributed by atoms with E-state index >= 15 is 0 Å². The van der Waals surface area contributed by atoms with Gasteiger partial charge in [-0.05, 0) is 18.2 Å². The van der Waals surface area contributed by atoms with Gasteiger partial charge >= 0.3 is 12.3 Å². The van der Waals surface area contributed by atoms with E-state index in [2.05, 4.69) is 15.3 Å². The van der Waals surface area contributed by atoms with E-state index in [9.17, 15) is 18.0 Å². The zero-order chi connectivity index (χ0) is 13.3. The molecule has 1 aromatic carbocycles. The predicted octanol–water partition coefficient (Wildman–Crippen LogP) is 2.35. The van der Waals surface area contributed by atoms with Crippen molar-refractivity contribution in [2.24, 2.45) is 0 Å². The van der Waals surface area contributed by atoms with Gasteiger partial charge in [-0.2, -0.15) is 13.2 Å². The van der Waals surface area contributed by atoms with Gasteiger partial charge in [-0.3, -0.25) is 0 Å². The number of aromatic amines is 1. The zero-order valence-electron chi connectivity index (χ0n) is 8.88. The maximum atomic E-state index is 12.5. The number of imidazole rings is 1. The van der Waals surface area contributed by atoms with Crippen LogP contribution in [0.1, 0.15) is 11.4 Å². The molecule has 2 aromatic rings. The van der Waals surface area contributed by atoms with Crippen LogP contribution in [0.2, 0.25) is 0 Å². The van der Waals surface area contributed by atoms with Crippen molar-refractivity contribution in [2.75, 3.05) is 0 Å². The molecule has 0 atom stereocenters. The number of halogens is 3. The Morgan fingerprint density at radius 1 is 1.44 bits per heavy atom. The topological polar surface area (TPSA) is 78.0 Å². The summed E-state index contributed by atoms with van der Waals surface area (Å²) in [6.45, 7) is -0.0919. The van der Waals surface area contributed by atoms with E-state index in [0.717, 1.165) is 12.1 Å². The summed E-state index contributed by atoms with van der Waals surface area (Å²) in [7, 11) is 0. The van der Waals surface area contributed by atoms with Crippen molar-refractivity contribution in [1.29, 1.82) is 0 Å². The first-order chi connectivity index (χ1) is 8.36. The molecule has 1 amide bonds. The molecule has 0 saturated carbocycles. The van der Waals surface area contributed by atoms with Crippen LogP contribution in [0.3, 0.4) is 0 Å². The van der Waals surface area contributed by atoms with Crippen molar-refractivity contribution in [3.8, 4) is 0 Å². The second-order valence-electron chi connectivity index (χ2n) is 3.57. The van der Waals surface area contributed by atoms with Gasteiger partial charge in [0, 0.05) is 0 Å². The first-order valence-electron chi connectivity index (χ1n) is 4.89. The van der Waals surface area contributed by atoms with E-state index < -0.39 is 17.8 Å². The third-order valence-electron chi connectivity index (χ3n) is 2.27. The summed E-state index contributed by atoms with van der Waals surface area (Å²) in [6, 6.07) is 3.10. The van der Waals surface area contributed by atoms with Crippen LogP contribution in [-0.4, -0.2) is 21.2 Å². The SMILES string of the molecule is O=C(O)NCc1nc2ccc(C(F)(F)F)cc2[nH]1. The predicted molar refractivity (Wildman–Crippen MR) is 56.0 cm³/mol. The molecule has 1 aromatic heterocycles. The number of nitrogens with one attached hydrogen (secondary N) is 2. The van der Waals surface area contributed by atoms with Crippen LogP contribution in [0.4, 0.5) is 18.0 Å². The van der Waals surface area contributed by atoms with E-state index in [1.165, 1.54) is 6.07 Å². The maximum absolute atomic E-state index is 12.5. The van der Waals surface area contributed by atoms with Crippen LogP contribution in [0.15, 0.2) is 18.2 Å². The van der Waals surface area contributed by atoms with E-state index in [4.69, 9.17) is 5.11 Å². The monoisotopic (exact) mass is 259 g/mol. The molecule has 0 saturated heterocycles. The molecule has 0 fully saturated rings. The summed E-state index contributed by atoms with van der Waals surface area (Å²) in [5.41, 5.74) is -0.214. The summed E-state index contributed by atoms with van der Waals surface area (Å²) in [4.78, 5) is 16.9. The fourth-order valence-electron chi connectivity index (χ4n) is 1.48. The Bertz CT molecular complexity index is 592. The molecule has 5 nitrogen and oxygen atoms in total. The molecular formula is C10H8F3N3O2. The van der Waals surface area contributed by atoms with Crippen LogP contribution < -0.4 is 5.32 Å². The largest absolute Gasteiger partial charge is 0.465 e. The summed E-state index contributed by atoms with van der Waals surface area (Å²) in [5, 5.41) is 10.5. The minimum absolute atomic E-state index is 0.0919. The Morgan fingerprint density at radius 3 is 2.78 bits per heavy atom. The van der Waals surface area contributed by atoms with Crippen LogP contribution in [0, 0.1) is 0 Å². The number of rotatable bonds is 2. The highest BCUT2D eigenvalue weighted by Crippen LogP contribution is 2.30. The van der Waals surface area contributed by atoms with Gasteiger partial charge in [0.05, 0.1) is 23.1 Å². The van der Waals surface area contributed by atoms with Crippen molar-refractivity contribution < 1.29 is 23.1 Å². The Kier molecular flexibility index (Phi) is 2.85. The molecule has 0 spiro atoms. The molecule has 0 bridgehead atoms. The second-order valence-corrected chi connectivity index (χ2v) is 3.57. The number of benzene rings is 1. The molecule has 3 N–H and O–H groups in total. The lowest BCUT2D eigenvalue weighted by Gasteiger charge is -2.05. The lowest BCUT2D eigenvalue weighted by atomic mass is 10.2. The average Bonchev–Trinajstić information content (AvgIpc) is 2.66. The highest BCUT2D eigenvalue weighted by Gasteiger charge is 2.30. The molecule has 0 aliphatic carbocycles. The van der Waals surface area contributed by atoms with Gasteiger partial charge in [-0.15, -0.1) is 0 Å². The third kappa shape index (κ3) is 2.53. The molecule has 2 rings (SSSR count). The first-order valence-corrected chi connectivity index (χ1v) is 4.89. The summed E-state index contributed by atoms with van der Waals surface area (Å²) in [6.07, 6.45) is -5.65. The highest BCUT2D eigenvalue weighted by atomic mass is 19.4. The summed E-state index contributed by atoms with van der Waals surface area (Å²) >= 11 is 0. The smallest absolute Gasteiger partial charge is 0.416 e. The minimum atomic E-state index is -4.42. The van der Waals surface area contributed by atoms with Gasteiger partial charge in [0.2, 0.25) is 0 Å². The summed E-state index contributed by atoms with van der Waals surface area (Å²) in [5.74, 6) is 0.256. The Labute approximate surface area is 98.6 Å². The number of alkyl halides is 3. The van der Waals surface area contributed by atoms with E-state index in [1.807, 2.05) is 0 Å². The van der Waals surface area contributed by atoms with Gasteiger partial charge in [0.15, 0.2) is 0 Å². The lowest BCUT2D eigenvalue weighted by molar-refractivity contribution is -0.137. The number of nitrogens with zero attached hydrogens (tertiary/aromatic N) is 1. The molecule has 18 heavy (non-hydrogen) atoms. The number of hydrogen-bond donors (Lipinski definition) is 3. The fourth-order valence-corrected chi connectivity index (χ4v) is 1.48. The number of H-pyrrole nitrogens is 1. The van der Waals surface area contributed by atoms with Crippen molar-refractivity contribution in [3.05, 3.63) is 29.6 Å². The standard InChI is InChI=1S/C10H8F3N3O2/c11-10(12,13)5-1-2-6-7(3-5)16-8(15-6)4-14-9(17)18/h1-3,14H,4H2,(H,15,16)(H,17,18). The maximum Gasteiger partial charge on any atom is 0.416 e. The third-order valence-corrected chi connectivity index (χ3v) is 2.27. The lowest BCUT2D eigenvalue weighted by Crippen LogP contribution is -2.20. The van der Waals surface area contributed by atoms with Crippen LogP contribution in [-0.2, 0) is 12.7 Å².